The highest BCUT2D eigenvalue weighted by molar-refractivity contribution is 7.99. The summed E-state index contributed by atoms with van der Waals surface area (Å²) in [7, 11) is 0. The van der Waals surface area contributed by atoms with Gasteiger partial charge in [0.2, 0.25) is 11.8 Å². The number of nitrogens with one attached hydrogen (secondary N) is 1. The quantitative estimate of drug-likeness (QED) is 0.480. The first-order valence-electron chi connectivity index (χ1n) is 10.0. The predicted octanol–water partition coefficient (Wildman–Crippen LogP) is 5.56. The molecule has 0 aliphatic rings. The fourth-order valence-electron chi connectivity index (χ4n) is 2.79. The highest BCUT2D eigenvalue weighted by Gasteiger charge is 2.26. The third kappa shape index (κ3) is 8.36. The molecule has 1 N–H and O–H groups in total. The second-order valence-corrected chi connectivity index (χ2v) is 9.52. The Morgan fingerprint density at radius 2 is 1.77 bits per heavy atom. The lowest BCUT2D eigenvalue weighted by atomic mass is 10.1. The Labute approximate surface area is 197 Å². The van der Waals surface area contributed by atoms with Gasteiger partial charge in [0.15, 0.2) is 0 Å². The Hall–Kier alpha value is -1.76. The Morgan fingerprint density at radius 1 is 1.10 bits per heavy atom. The van der Waals surface area contributed by atoms with E-state index in [9.17, 15) is 14.0 Å². The summed E-state index contributed by atoms with van der Waals surface area (Å²) in [5.41, 5.74) is 1.64. The SMILES string of the molecule is CC(C)CNC(=O)[C@H](C)N(Cc1ccc(Cl)cc1Cl)C(=O)CSCc1ccc(F)cc1. The van der Waals surface area contributed by atoms with Crippen LogP contribution in [0.15, 0.2) is 42.5 Å². The Bertz CT molecular complexity index is 894. The summed E-state index contributed by atoms with van der Waals surface area (Å²) in [6.45, 7) is 6.46. The fraction of sp³-hybridized carbons (Fsp3) is 0.391. The van der Waals surface area contributed by atoms with Crippen LogP contribution in [0, 0.1) is 11.7 Å². The number of carbonyl (C=O) groups excluding carboxylic acids is 2. The van der Waals surface area contributed by atoms with E-state index >= 15 is 0 Å². The molecule has 4 nitrogen and oxygen atoms in total. The van der Waals surface area contributed by atoms with Gasteiger partial charge in [-0.15, -0.1) is 11.8 Å². The second-order valence-electron chi connectivity index (χ2n) is 7.69. The number of nitrogens with zero attached hydrogens (tertiary/aromatic N) is 1. The summed E-state index contributed by atoms with van der Waals surface area (Å²) < 4.78 is 13.1. The first kappa shape index (κ1) is 25.5. The lowest BCUT2D eigenvalue weighted by Gasteiger charge is -2.29. The highest BCUT2D eigenvalue weighted by atomic mass is 35.5. The summed E-state index contributed by atoms with van der Waals surface area (Å²) in [6, 6.07) is 10.6. The molecule has 0 aromatic heterocycles. The van der Waals surface area contributed by atoms with Crippen LogP contribution in [0.3, 0.4) is 0 Å². The van der Waals surface area contributed by atoms with E-state index in [1.807, 2.05) is 13.8 Å². The van der Waals surface area contributed by atoms with Gasteiger partial charge in [-0.2, -0.15) is 0 Å². The van der Waals surface area contributed by atoms with E-state index in [2.05, 4.69) is 5.32 Å². The fourth-order valence-corrected chi connectivity index (χ4v) is 4.13. The first-order chi connectivity index (χ1) is 14.7. The summed E-state index contributed by atoms with van der Waals surface area (Å²) in [5, 5.41) is 3.83. The lowest BCUT2D eigenvalue weighted by molar-refractivity contribution is -0.138. The standard InChI is InChI=1S/C23H27Cl2FN2O2S/c1-15(2)11-27-23(30)16(3)28(12-18-6-7-19(24)10-21(18)25)22(29)14-31-13-17-4-8-20(26)9-5-17/h4-10,15-16H,11-14H2,1-3H3,(H,27,30)/t16-/m0/s1. The topological polar surface area (TPSA) is 49.4 Å². The van der Waals surface area contributed by atoms with E-state index in [1.165, 1.54) is 28.8 Å². The van der Waals surface area contributed by atoms with Crippen molar-refractivity contribution >= 4 is 46.8 Å². The Kier molecular flexibility index (Phi) is 10.1. The van der Waals surface area contributed by atoms with Crippen molar-refractivity contribution in [2.75, 3.05) is 12.3 Å². The average molecular weight is 485 g/mol. The van der Waals surface area contributed by atoms with Crippen LogP contribution in [0.2, 0.25) is 10.0 Å². The van der Waals surface area contributed by atoms with Crippen molar-refractivity contribution in [3.05, 3.63) is 69.5 Å². The molecule has 0 saturated carbocycles. The first-order valence-corrected chi connectivity index (χ1v) is 11.9. The van der Waals surface area contributed by atoms with Crippen LogP contribution in [0.4, 0.5) is 4.39 Å². The Balaban J connectivity index is 2.09. The largest absolute Gasteiger partial charge is 0.354 e. The van der Waals surface area contributed by atoms with E-state index in [4.69, 9.17) is 23.2 Å². The third-order valence-electron chi connectivity index (χ3n) is 4.62. The van der Waals surface area contributed by atoms with Crippen molar-refractivity contribution < 1.29 is 14.0 Å². The molecule has 0 unspecified atom stereocenters. The second kappa shape index (κ2) is 12.3. The van der Waals surface area contributed by atoms with Crippen LogP contribution in [0.25, 0.3) is 0 Å². The molecule has 0 bridgehead atoms. The molecule has 0 heterocycles. The monoisotopic (exact) mass is 484 g/mol. The van der Waals surface area contributed by atoms with Gasteiger partial charge in [-0.25, -0.2) is 4.39 Å². The molecule has 2 rings (SSSR count). The predicted molar refractivity (Wildman–Crippen MR) is 127 cm³/mol. The van der Waals surface area contributed by atoms with Gasteiger partial charge in [0.05, 0.1) is 5.75 Å². The van der Waals surface area contributed by atoms with Crippen LogP contribution in [-0.4, -0.2) is 35.1 Å². The Morgan fingerprint density at radius 3 is 2.39 bits per heavy atom. The van der Waals surface area contributed by atoms with Crippen LogP contribution in [-0.2, 0) is 21.9 Å². The van der Waals surface area contributed by atoms with Gasteiger partial charge < -0.3 is 10.2 Å². The van der Waals surface area contributed by atoms with Gasteiger partial charge >= 0.3 is 0 Å². The number of hydrogen-bond donors (Lipinski definition) is 1. The molecule has 2 aromatic rings. The van der Waals surface area contributed by atoms with Gasteiger partial charge in [0.1, 0.15) is 11.9 Å². The maximum absolute atomic E-state index is 13.1. The van der Waals surface area contributed by atoms with Gasteiger partial charge in [0.25, 0.3) is 0 Å². The molecule has 0 fully saturated rings. The molecule has 1 atom stereocenters. The van der Waals surface area contributed by atoms with E-state index in [0.717, 1.165) is 5.56 Å². The van der Waals surface area contributed by atoms with Crippen LogP contribution < -0.4 is 5.32 Å². The molecule has 31 heavy (non-hydrogen) atoms. The molecule has 0 aliphatic carbocycles. The number of hydrogen-bond acceptors (Lipinski definition) is 3. The van der Waals surface area contributed by atoms with Crippen molar-refractivity contribution in [2.45, 2.75) is 39.1 Å². The molecule has 168 valence electrons. The molecule has 2 amide bonds. The lowest BCUT2D eigenvalue weighted by Crippen LogP contribution is -2.48. The molecular weight excluding hydrogens is 458 g/mol. The minimum absolute atomic E-state index is 0.176. The molecule has 0 spiro atoms. The molecule has 0 aliphatic heterocycles. The van der Waals surface area contributed by atoms with Crippen molar-refractivity contribution in [1.29, 1.82) is 0 Å². The summed E-state index contributed by atoms with van der Waals surface area (Å²) in [5.74, 6) is 0.371. The zero-order valence-corrected chi connectivity index (χ0v) is 20.2. The van der Waals surface area contributed by atoms with Crippen LogP contribution in [0.5, 0.6) is 0 Å². The summed E-state index contributed by atoms with van der Waals surface area (Å²) in [6.07, 6.45) is 0. The van der Waals surface area contributed by atoms with Crippen LogP contribution >= 0.6 is 35.0 Å². The number of amides is 2. The van der Waals surface area contributed by atoms with Crippen molar-refractivity contribution in [3.63, 3.8) is 0 Å². The average Bonchev–Trinajstić information content (AvgIpc) is 2.72. The normalized spacial score (nSPS) is 12.0. The van der Waals surface area contributed by atoms with Gasteiger partial charge in [-0.3, -0.25) is 9.59 Å². The zero-order valence-electron chi connectivity index (χ0n) is 17.8. The number of carbonyl (C=O) groups is 2. The van der Waals surface area contributed by atoms with Gasteiger partial charge in [0, 0.05) is 28.9 Å². The molecule has 0 saturated heterocycles. The number of halogens is 3. The van der Waals surface area contributed by atoms with Gasteiger partial charge in [-0.05, 0) is 48.2 Å². The smallest absolute Gasteiger partial charge is 0.242 e. The molecule has 8 heteroatoms. The summed E-state index contributed by atoms with van der Waals surface area (Å²) in [4.78, 5) is 27.2. The number of benzene rings is 2. The highest BCUT2D eigenvalue weighted by Crippen LogP contribution is 2.24. The minimum atomic E-state index is -0.663. The van der Waals surface area contributed by atoms with E-state index in [0.29, 0.717) is 33.8 Å². The number of rotatable bonds is 10. The molecular formula is C23H27Cl2FN2O2S. The van der Waals surface area contributed by atoms with Crippen molar-refractivity contribution in [3.8, 4) is 0 Å². The third-order valence-corrected chi connectivity index (χ3v) is 6.19. The minimum Gasteiger partial charge on any atom is -0.354 e. The van der Waals surface area contributed by atoms with Gasteiger partial charge in [-0.1, -0.05) is 55.2 Å². The molecule has 2 aromatic carbocycles. The zero-order chi connectivity index (χ0) is 23.0. The molecule has 0 radical (unpaired) electrons. The van der Waals surface area contributed by atoms with Crippen LogP contribution in [0.1, 0.15) is 31.9 Å². The van der Waals surface area contributed by atoms with E-state index < -0.39 is 6.04 Å². The van der Waals surface area contributed by atoms with Crippen molar-refractivity contribution in [2.24, 2.45) is 5.92 Å². The maximum atomic E-state index is 13.1. The van der Waals surface area contributed by atoms with E-state index in [1.54, 1.807) is 37.3 Å². The van der Waals surface area contributed by atoms with Crippen molar-refractivity contribution in [1.82, 2.24) is 10.2 Å². The number of thioether (sulfide) groups is 1. The summed E-state index contributed by atoms with van der Waals surface area (Å²) >= 11 is 13.7. The van der Waals surface area contributed by atoms with E-state index in [-0.39, 0.29) is 29.9 Å². The maximum Gasteiger partial charge on any atom is 0.242 e.